The van der Waals surface area contributed by atoms with E-state index in [1.807, 2.05) is 4.90 Å². The molecule has 3 heterocycles. The van der Waals surface area contributed by atoms with Crippen LogP contribution in [0.1, 0.15) is 57.2 Å². The summed E-state index contributed by atoms with van der Waals surface area (Å²) in [7, 11) is 0. The second-order valence-corrected chi connectivity index (χ2v) is 13.0. The molecule has 11 heteroatoms. The fourth-order valence-electron chi connectivity index (χ4n) is 6.97. The Balaban J connectivity index is 1.24. The number of likely N-dealkylation sites (tertiary alicyclic amines) is 3. The normalized spacial score (nSPS) is 26.8. The standard InChI is InChI=1S/C32H35F2N5O4/c1-32(2,3)43-31(42)36-25(29(40)38-23(15-35)12-20-13-26(20)38)17-37-16-24-14-27(37)30(41)39(24)28(18-4-8-21(33)9-5-18)19-6-10-22(34)11-7-19/h4-11,20,23-28H,12-14,16-17H2,1-3H3,(H,36,42)/t20-,23?,24+,25?,26+,27?/m1/s1. The second kappa shape index (κ2) is 10.9. The van der Waals surface area contributed by atoms with Crippen molar-refractivity contribution in [2.45, 2.75) is 81.9 Å². The van der Waals surface area contributed by atoms with Crippen LogP contribution in [0.15, 0.2) is 48.5 Å². The minimum atomic E-state index is -1.00. The monoisotopic (exact) mass is 591 g/mol. The zero-order valence-electron chi connectivity index (χ0n) is 24.4. The number of nitrogens with zero attached hydrogens (tertiary/aromatic N) is 4. The fourth-order valence-corrected chi connectivity index (χ4v) is 6.97. The number of fused-ring (bicyclic) bond motifs is 3. The van der Waals surface area contributed by atoms with Gasteiger partial charge in [0, 0.05) is 25.2 Å². The van der Waals surface area contributed by atoms with Crippen LogP contribution in [0.4, 0.5) is 13.6 Å². The van der Waals surface area contributed by atoms with Crippen LogP contribution in [-0.4, -0.2) is 81.5 Å². The largest absolute Gasteiger partial charge is 0.444 e. The lowest BCUT2D eigenvalue weighted by molar-refractivity contribution is -0.141. The van der Waals surface area contributed by atoms with Crippen molar-refractivity contribution in [2.75, 3.05) is 13.1 Å². The Bertz CT molecular complexity index is 1410. The molecule has 2 bridgehead atoms. The lowest BCUT2D eigenvalue weighted by Gasteiger charge is -2.40. The number of hydrogen-bond donors (Lipinski definition) is 1. The number of hydrogen-bond acceptors (Lipinski definition) is 6. The molecule has 1 N–H and O–H groups in total. The van der Waals surface area contributed by atoms with Gasteiger partial charge in [0.1, 0.15) is 29.3 Å². The van der Waals surface area contributed by atoms with Crippen LogP contribution in [0, 0.1) is 28.9 Å². The Hall–Kier alpha value is -4.04. The quantitative estimate of drug-likeness (QED) is 0.526. The molecule has 0 aromatic heterocycles. The maximum Gasteiger partial charge on any atom is 0.408 e. The van der Waals surface area contributed by atoms with Gasteiger partial charge < -0.3 is 19.9 Å². The van der Waals surface area contributed by atoms with E-state index >= 15 is 0 Å². The molecule has 6 atom stereocenters. The smallest absolute Gasteiger partial charge is 0.408 e. The minimum Gasteiger partial charge on any atom is -0.444 e. The van der Waals surface area contributed by atoms with Crippen molar-refractivity contribution in [2.24, 2.45) is 5.92 Å². The lowest BCUT2D eigenvalue weighted by Crippen LogP contribution is -2.59. The summed E-state index contributed by atoms with van der Waals surface area (Å²) in [6.45, 7) is 5.73. The van der Waals surface area contributed by atoms with Gasteiger partial charge in [0.15, 0.2) is 0 Å². The molecule has 2 aromatic carbocycles. The highest BCUT2D eigenvalue weighted by atomic mass is 19.1. The average Bonchev–Trinajstić information content (AvgIpc) is 3.27. The predicted octanol–water partition coefficient (Wildman–Crippen LogP) is 3.75. The summed E-state index contributed by atoms with van der Waals surface area (Å²) >= 11 is 0. The summed E-state index contributed by atoms with van der Waals surface area (Å²) in [5.41, 5.74) is 0.632. The number of nitriles is 1. The molecule has 1 saturated carbocycles. The zero-order chi connectivity index (χ0) is 30.6. The third kappa shape index (κ3) is 5.68. The predicted molar refractivity (Wildman–Crippen MR) is 151 cm³/mol. The first-order valence-corrected chi connectivity index (χ1v) is 14.7. The molecule has 0 spiro atoms. The first kappa shape index (κ1) is 29.1. The van der Waals surface area contributed by atoms with Crippen molar-refractivity contribution < 1.29 is 27.9 Å². The third-order valence-corrected chi connectivity index (χ3v) is 8.88. The molecule has 226 valence electrons. The molecule has 6 rings (SSSR count). The fraction of sp³-hybridized carbons (Fsp3) is 0.500. The lowest BCUT2D eigenvalue weighted by atomic mass is 9.95. The van der Waals surface area contributed by atoms with E-state index in [4.69, 9.17) is 4.74 Å². The Morgan fingerprint density at radius 2 is 1.63 bits per heavy atom. The van der Waals surface area contributed by atoms with E-state index < -0.39 is 47.5 Å². The van der Waals surface area contributed by atoms with E-state index in [1.54, 1.807) is 54.8 Å². The molecule has 1 aliphatic carbocycles. The van der Waals surface area contributed by atoms with Crippen LogP contribution < -0.4 is 5.32 Å². The van der Waals surface area contributed by atoms with Gasteiger partial charge in [0.2, 0.25) is 11.8 Å². The number of piperazine rings is 1. The molecule has 9 nitrogen and oxygen atoms in total. The number of rotatable bonds is 7. The number of ether oxygens (including phenoxy) is 1. The number of carbonyl (C=O) groups is 3. The molecule has 2 aromatic rings. The molecular formula is C32H35F2N5O4. The number of alkyl carbamates (subject to hydrolysis) is 1. The summed E-state index contributed by atoms with van der Waals surface area (Å²) in [4.78, 5) is 45.9. The highest BCUT2D eigenvalue weighted by Crippen LogP contribution is 2.48. The van der Waals surface area contributed by atoms with Crippen LogP contribution in [-0.2, 0) is 14.3 Å². The number of piperidine rings is 1. The molecular weight excluding hydrogens is 556 g/mol. The van der Waals surface area contributed by atoms with Crippen molar-refractivity contribution >= 4 is 17.9 Å². The first-order chi connectivity index (χ1) is 20.4. The van der Waals surface area contributed by atoms with Gasteiger partial charge in [-0.05, 0) is 81.3 Å². The highest BCUT2D eigenvalue weighted by Gasteiger charge is 2.57. The second-order valence-electron chi connectivity index (χ2n) is 13.0. The molecule has 3 amide bonds. The number of carbonyl (C=O) groups excluding carboxylic acids is 3. The summed E-state index contributed by atoms with van der Waals surface area (Å²) < 4.78 is 33.0. The molecule has 3 unspecified atom stereocenters. The van der Waals surface area contributed by atoms with Crippen molar-refractivity contribution in [3.8, 4) is 6.07 Å². The Morgan fingerprint density at radius 1 is 1.02 bits per heavy atom. The third-order valence-electron chi connectivity index (χ3n) is 8.88. The topological polar surface area (TPSA) is 106 Å². The molecule has 0 radical (unpaired) electrons. The van der Waals surface area contributed by atoms with Crippen LogP contribution in [0.5, 0.6) is 0 Å². The van der Waals surface area contributed by atoms with Gasteiger partial charge in [-0.25, -0.2) is 13.6 Å². The maximum atomic E-state index is 14.0. The van der Waals surface area contributed by atoms with Gasteiger partial charge in [-0.3, -0.25) is 14.5 Å². The molecule has 4 aliphatic rings. The molecule has 3 saturated heterocycles. The van der Waals surface area contributed by atoms with Gasteiger partial charge in [-0.15, -0.1) is 0 Å². The van der Waals surface area contributed by atoms with Crippen molar-refractivity contribution in [3.63, 3.8) is 0 Å². The van der Waals surface area contributed by atoms with E-state index in [0.717, 1.165) is 6.42 Å². The molecule has 4 fully saturated rings. The summed E-state index contributed by atoms with van der Waals surface area (Å²) in [6, 6.07) is 11.3. The van der Waals surface area contributed by atoms with Gasteiger partial charge in [-0.2, -0.15) is 5.26 Å². The van der Waals surface area contributed by atoms with E-state index in [0.29, 0.717) is 36.4 Å². The minimum absolute atomic E-state index is 0.000541. The van der Waals surface area contributed by atoms with E-state index in [2.05, 4.69) is 11.4 Å². The van der Waals surface area contributed by atoms with Gasteiger partial charge >= 0.3 is 6.09 Å². The van der Waals surface area contributed by atoms with E-state index in [-0.39, 0.29) is 30.4 Å². The maximum absolute atomic E-state index is 14.0. The zero-order valence-corrected chi connectivity index (χ0v) is 24.4. The van der Waals surface area contributed by atoms with Gasteiger partial charge in [0.05, 0.1) is 18.2 Å². The van der Waals surface area contributed by atoms with Gasteiger partial charge in [0.25, 0.3) is 0 Å². The number of benzene rings is 2. The molecule has 43 heavy (non-hydrogen) atoms. The number of amides is 3. The Morgan fingerprint density at radius 3 is 2.16 bits per heavy atom. The van der Waals surface area contributed by atoms with Crippen molar-refractivity contribution in [1.82, 2.24) is 20.0 Å². The first-order valence-electron chi connectivity index (χ1n) is 14.7. The van der Waals surface area contributed by atoms with Crippen LogP contribution in [0.25, 0.3) is 0 Å². The highest BCUT2D eigenvalue weighted by molar-refractivity contribution is 5.89. The average molecular weight is 592 g/mol. The number of nitrogens with one attached hydrogen (secondary N) is 1. The Labute approximate surface area is 249 Å². The molecule has 3 aliphatic heterocycles. The number of halogens is 2. The van der Waals surface area contributed by atoms with Crippen LogP contribution >= 0.6 is 0 Å². The Kier molecular flexibility index (Phi) is 7.37. The van der Waals surface area contributed by atoms with Crippen molar-refractivity contribution in [3.05, 3.63) is 71.3 Å². The van der Waals surface area contributed by atoms with Gasteiger partial charge in [-0.1, -0.05) is 24.3 Å². The van der Waals surface area contributed by atoms with Crippen molar-refractivity contribution in [1.29, 1.82) is 5.26 Å². The van der Waals surface area contributed by atoms with Crippen LogP contribution in [0.2, 0.25) is 0 Å². The summed E-state index contributed by atoms with van der Waals surface area (Å²) in [5.74, 6) is -0.987. The SMILES string of the molecule is CC(C)(C)OC(=O)NC(CN1C[C@@H]2CC1C(=O)N2C(c1ccc(F)cc1)c1ccc(F)cc1)C(=O)N1C(C#N)C[C@@H]2C[C@@H]21. The summed E-state index contributed by atoms with van der Waals surface area (Å²) in [6.07, 6.45) is 1.25. The summed E-state index contributed by atoms with van der Waals surface area (Å²) in [5, 5.41) is 12.4. The van der Waals surface area contributed by atoms with E-state index in [9.17, 15) is 28.4 Å². The van der Waals surface area contributed by atoms with E-state index in [1.165, 1.54) is 24.3 Å². The van der Waals surface area contributed by atoms with Crippen LogP contribution in [0.3, 0.4) is 0 Å².